The van der Waals surface area contributed by atoms with Crippen molar-refractivity contribution in [1.82, 2.24) is 0 Å². The molecule has 0 bridgehead atoms. The summed E-state index contributed by atoms with van der Waals surface area (Å²) < 4.78 is 17.0. The minimum absolute atomic E-state index is 0.116. The largest absolute Gasteiger partial charge is 0.462 e. The van der Waals surface area contributed by atoms with Crippen LogP contribution in [-0.4, -0.2) is 35.7 Å². The average molecular weight is 400 g/mol. The van der Waals surface area contributed by atoms with Gasteiger partial charge in [-0.2, -0.15) is 0 Å². The van der Waals surface area contributed by atoms with Gasteiger partial charge in [-0.3, -0.25) is 14.4 Å². The summed E-state index contributed by atoms with van der Waals surface area (Å²) in [6.07, 6.45) is 1.57. The lowest BCUT2D eigenvalue weighted by Crippen LogP contribution is -2.64. The molecule has 2 fully saturated rings. The third-order valence-electron chi connectivity index (χ3n) is 8.20. The number of hydrogen-bond acceptors (Lipinski definition) is 7. The molecule has 7 heteroatoms. The molecule has 154 valence electrons. The van der Waals surface area contributed by atoms with E-state index in [-0.39, 0.29) is 28.8 Å². The highest BCUT2D eigenvalue weighted by Gasteiger charge is 2.69. The molecular weight excluding hydrogens is 376 g/mol. The number of ketones is 2. The van der Waals surface area contributed by atoms with Gasteiger partial charge < -0.3 is 13.9 Å². The van der Waals surface area contributed by atoms with Crippen molar-refractivity contribution >= 4 is 23.5 Å². The summed E-state index contributed by atoms with van der Waals surface area (Å²) in [5.74, 6) is -1.92. The molecule has 2 heterocycles. The highest BCUT2D eigenvalue weighted by atomic mass is 16.6. The number of furan rings is 1. The van der Waals surface area contributed by atoms with E-state index >= 15 is 0 Å². The quantitative estimate of drug-likeness (QED) is 0.668. The molecule has 1 aliphatic heterocycles. The topological polar surface area (TPSA) is 99.9 Å². The predicted octanol–water partition coefficient (Wildman–Crippen LogP) is 2.85. The van der Waals surface area contributed by atoms with Crippen molar-refractivity contribution in [2.75, 3.05) is 0 Å². The first-order valence-corrected chi connectivity index (χ1v) is 10.2. The second-order valence-corrected chi connectivity index (χ2v) is 9.44. The summed E-state index contributed by atoms with van der Waals surface area (Å²) in [6, 6.07) is 0. The molecule has 0 aromatic carbocycles. The van der Waals surface area contributed by atoms with Gasteiger partial charge in [-0.15, -0.1) is 0 Å². The number of ether oxygens (including phenoxy) is 2. The molecule has 2 saturated carbocycles. The van der Waals surface area contributed by atoms with E-state index < -0.39 is 46.8 Å². The second kappa shape index (κ2) is 5.58. The van der Waals surface area contributed by atoms with Crippen molar-refractivity contribution in [3.05, 3.63) is 23.2 Å². The van der Waals surface area contributed by atoms with E-state index in [9.17, 15) is 19.2 Å². The normalized spacial score (nSPS) is 42.6. The van der Waals surface area contributed by atoms with Crippen LogP contribution in [0.25, 0.3) is 0 Å². The standard InChI is InChI=1S/C22H24O7/c1-9-22(4)16-11(20(26)28-9)8-27-19(16)18(25)15-12-5-6-14(24)21(12,3)7-13(17(15)22)29-10(2)23/h8-9,12-13,15,17H,5-7H2,1-4H3/t9-,12?,13-,15?,17?,21+,22+/m1/s1. The Labute approximate surface area is 168 Å². The molecule has 0 saturated heterocycles. The molecule has 1 aromatic heterocycles. The number of rotatable bonds is 1. The van der Waals surface area contributed by atoms with Crippen LogP contribution in [0.3, 0.4) is 0 Å². The van der Waals surface area contributed by atoms with Crippen molar-refractivity contribution < 1.29 is 33.1 Å². The Bertz CT molecular complexity index is 974. The Balaban J connectivity index is 1.76. The fourth-order valence-electron chi connectivity index (χ4n) is 6.76. The number of carbonyl (C=O) groups excluding carboxylic acids is 4. The zero-order chi connectivity index (χ0) is 20.9. The molecule has 3 aliphatic carbocycles. The van der Waals surface area contributed by atoms with Crippen molar-refractivity contribution in [1.29, 1.82) is 0 Å². The Morgan fingerprint density at radius 3 is 2.66 bits per heavy atom. The third kappa shape index (κ3) is 2.08. The fraction of sp³-hybridized carbons (Fsp3) is 0.636. The van der Waals surface area contributed by atoms with Gasteiger partial charge in [-0.05, 0) is 25.7 Å². The van der Waals surface area contributed by atoms with Gasteiger partial charge in [0.05, 0.1) is 0 Å². The Kier molecular flexibility index (Phi) is 3.58. The molecule has 1 aromatic rings. The van der Waals surface area contributed by atoms with Crippen LogP contribution in [0.2, 0.25) is 0 Å². The summed E-state index contributed by atoms with van der Waals surface area (Å²) in [7, 11) is 0. The van der Waals surface area contributed by atoms with E-state index in [1.165, 1.54) is 13.2 Å². The molecular formula is C22H24O7. The number of fused-ring (bicyclic) bond motifs is 4. The molecule has 7 atom stereocenters. The Hall–Kier alpha value is -2.44. The van der Waals surface area contributed by atoms with Crippen LogP contribution in [0.15, 0.2) is 10.7 Å². The molecule has 29 heavy (non-hydrogen) atoms. The lowest BCUT2D eigenvalue weighted by atomic mass is 9.47. The first kappa shape index (κ1) is 18.6. The number of cyclic esters (lactones) is 1. The van der Waals surface area contributed by atoms with Gasteiger partial charge in [-0.1, -0.05) is 13.8 Å². The van der Waals surface area contributed by atoms with E-state index in [1.807, 2.05) is 20.8 Å². The van der Waals surface area contributed by atoms with Crippen LogP contribution >= 0.6 is 0 Å². The first-order valence-electron chi connectivity index (χ1n) is 10.2. The summed E-state index contributed by atoms with van der Waals surface area (Å²) in [6.45, 7) is 7.00. The van der Waals surface area contributed by atoms with Crippen molar-refractivity contribution in [3.8, 4) is 0 Å². The zero-order valence-electron chi connectivity index (χ0n) is 16.9. The van der Waals surface area contributed by atoms with Crippen LogP contribution in [-0.2, 0) is 24.5 Å². The van der Waals surface area contributed by atoms with E-state index in [1.54, 1.807) is 0 Å². The third-order valence-corrected chi connectivity index (χ3v) is 8.20. The summed E-state index contributed by atoms with van der Waals surface area (Å²) in [5, 5.41) is 0. The molecule has 0 amide bonds. The maximum absolute atomic E-state index is 13.6. The number of Topliss-reactive ketones (excluding diaryl/α,β-unsaturated/α-hetero) is 2. The van der Waals surface area contributed by atoms with Crippen LogP contribution in [0.4, 0.5) is 0 Å². The van der Waals surface area contributed by atoms with Crippen molar-refractivity contribution in [2.45, 2.75) is 64.6 Å². The number of hydrogen-bond donors (Lipinski definition) is 0. The summed E-state index contributed by atoms with van der Waals surface area (Å²) >= 11 is 0. The second-order valence-electron chi connectivity index (χ2n) is 9.44. The Morgan fingerprint density at radius 2 is 1.97 bits per heavy atom. The minimum atomic E-state index is -0.753. The van der Waals surface area contributed by atoms with E-state index in [2.05, 4.69) is 0 Å². The highest BCUT2D eigenvalue weighted by Crippen LogP contribution is 2.63. The van der Waals surface area contributed by atoms with Crippen LogP contribution in [0.5, 0.6) is 0 Å². The van der Waals surface area contributed by atoms with Gasteiger partial charge in [-0.25, -0.2) is 4.79 Å². The van der Waals surface area contributed by atoms with E-state index in [0.717, 1.165) is 0 Å². The zero-order valence-corrected chi connectivity index (χ0v) is 16.9. The maximum Gasteiger partial charge on any atom is 0.342 e. The van der Waals surface area contributed by atoms with Crippen LogP contribution < -0.4 is 0 Å². The molecule has 0 N–H and O–H groups in total. The van der Waals surface area contributed by atoms with Gasteiger partial charge in [0.25, 0.3) is 0 Å². The van der Waals surface area contributed by atoms with Gasteiger partial charge in [0.1, 0.15) is 29.8 Å². The minimum Gasteiger partial charge on any atom is -0.462 e. The molecule has 5 rings (SSSR count). The van der Waals surface area contributed by atoms with Crippen molar-refractivity contribution in [2.24, 2.45) is 23.2 Å². The fourth-order valence-corrected chi connectivity index (χ4v) is 6.76. The van der Waals surface area contributed by atoms with Gasteiger partial charge in [0.15, 0.2) is 5.76 Å². The van der Waals surface area contributed by atoms with Crippen molar-refractivity contribution in [3.63, 3.8) is 0 Å². The summed E-state index contributed by atoms with van der Waals surface area (Å²) in [5.41, 5.74) is -0.631. The molecule has 3 unspecified atom stereocenters. The number of carbonyl (C=O) groups is 4. The SMILES string of the molecule is CC(=O)O[C@@H]1C[C@]2(C)C(=O)CCC2C2C(=O)c3occ4c3[C@@](C)(C21)[C@@H](C)OC4=O. The molecule has 0 radical (unpaired) electrons. The van der Waals surface area contributed by atoms with Gasteiger partial charge >= 0.3 is 11.9 Å². The van der Waals surface area contributed by atoms with Gasteiger partial charge in [0, 0.05) is 41.6 Å². The molecule has 4 aliphatic rings. The monoisotopic (exact) mass is 400 g/mol. The summed E-state index contributed by atoms with van der Waals surface area (Å²) in [4.78, 5) is 50.8. The van der Waals surface area contributed by atoms with Crippen LogP contribution in [0.1, 0.15) is 73.4 Å². The van der Waals surface area contributed by atoms with E-state index in [0.29, 0.717) is 24.8 Å². The van der Waals surface area contributed by atoms with Crippen LogP contribution in [0, 0.1) is 23.2 Å². The number of esters is 2. The van der Waals surface area contributed by atoms with Gasteiger partial charge in [0.2, 0.25) is 5.78 Å². The smallest absolute Gasteiger partial charge is 0.342 e. The first-order chi connectivity index (χ1) is 13.6. The lowest BCUT2D eigenvalue weighted by molar-refractivity contribution is -0.170. The van der Waals surface area contributed by atoms with E-state index in [4.69, 9.17) is 13.9 Å². The lowest BCUT2D eigenvalue weighted by Gasteiger charge is -2.57. The highest BCUT2D eigenvalue weighted by molar-refractivity contribution is 6.05. The Morgan fingerprint density at radius 1 is 1.24 bits per heavy atom. The molecule has 7 nitrogen and oxygen atoms in total. The molecule has 0 spiro atoms. The predicted molar refractivity (Wildman–Crippen MR) is 98.3 cm³/mol. The maximum atomic E-state index is 13.6. The average Bonchev–Trinajstić information content (AvgIpc) is 3.20.